The highest BCUT2D eigenvalue weighted by atomic mass is 16.3. The van der Waals surface area contributed by atoms with Gasteiger partial charge in [-0.15, -0.1) is 0 Å². The van der Waals surface area contributed by atoms with Crippen LogP contribution in [0.25, 0.3) is 17.0 Å². The minimum absolute atomic E-state index is 0.348. The highest BCUT2D eigenvalue weighted by molar-refractivity contribution is 5.77. The molecule has 1 aromatic carbocycles. The number of hydrogen-bond donors (Lipinski definition) is 2. The molecule has 0 aliphatic heterocycles. The van der Waals surface area contributed by atoms with Crippen LogP contribution in [-0.4, -0.2) is 15.1 Å². The molecule has 1 aromatic heterocycles. The average Bonchev–Trinajstić information content (AvgIpc) is 2.99. The number of imidazole rings is 1. The second-order valence-corrected chi connectivity index (χ2v) is 7.46. The molecule has 3 heteroatoms. The lowest BCUT2D eigenvalue weighted by molar-refractivity contribution is 0.471. The molecule has 128 valence electrons. The Morgan fingerprint density at radius 3 is 2.04 bits per heavy atom. The number of phenolic OH excluding ortho intramolecular Hbond substituents is 1. The van der Waals surface area contributed by atoms with E-state index in [9.17, 15) is 5.11 Å². The van der Waals surface area contributed by atoms with Crippen molar-refractivity contribution in [3.8, 4) is 17.1 Å². The molecule has 24 heavy (non-hydrogen) atoms. The molecule has 1 aliphatic carbocycles. The summed E-state index contributed by atoms with van der Waals surface area (Å²) < 4.78 is 0. The molecule has 0 saturated heterocycles. The van der Waals surface area contributed by atoms with Crippen LogP contribution in [0, 0.1) is 33.6 Å². The van der Waals surface area contributed by atoms with Crippen molar-refractivity contribution in [1.29, 1.82) is 0 Å². The standard InChI is InChI=1S/C21H28N2O/c1-9-12(4)16(8)20(24)17(13(9)5)21-22-18-14(6)10(2)11(3)15(7)19(18)23-21/h10,14,24H,1-8H3,(H,22,23). The Labute approximate surface area is 144 Å². The third-order valence-corrected chi connectivity index (χ3v) is 6.46. The zero-order valence-electron chi connectivity index (χ0n) is 16.0. The van der Waals surface area contributed by atoms with Crippen molar-refractivity contribution in [3.63, 3.8) is 0 Å². The van der Waals surface area contributed by atoms with E-state index in [-0.39, 0.29) is 0 Å². The van der Waals surface area contributed by atoms with Gasteiger partial charge in [-0.25, -0.2) is 4.98 Å². The van der Waals surface area contributed by atoms with E-state index in [4.69, 9.17) is 4.98 Å². The first-order valence-electron chi connectivity index (χ1n) is 8.74. The van der Waals surface area contributed by atoms with Crippen LogP contribution in [0.1, 0.15) is 67.3 Å². The van der Waals surface area contributed by atoms with Crippen LogP contribution < -0.4 is 0 Å². The molecule has 3 rings (SSSR count). The Morgan fingerprint density at radius 2 is 1.42 bits per heavy atom. The highest BCUT2D eigenvalue weighted by Crippen LogP contribution is 2.44. The number of allylic oxidation sites excluding steroid dienone is 2. The molecule has 2 atom stereocenters. The molecule has 1 aliphatic rings. The van der Waals surface area contributed by atoms with Crippen molar-refractivity contribution in [2.24, 2.45) is 5.92 Å². The third kappa shape index (κ3) is 2.14. The monoisotopic (exact) mass is 324 g/mol. The number of aromatic hydroxyl groups is 1. The predicted octanol–water partition coefficient (Wildman–Crippen LogP) is 5.56. The summed E-state index contributed by atoms with van der Waals surface area (Å²) >= 11 is 0. The summed E-state index contributed by atoms with van der Waals surface area (Å²) in [6.07, 6.45) is 0. The van der Waals surface area contributed by atoms with Crippen molar-refractivity contribution in [2.45, 2.75) is 61.3 Å². The van der Waals surface area contributed by atoms with Crippen molar-refractivity contribution in [1.82, 2.24) is 9.97 Å². The highest BCUT2D eigenvalue weighted by Gasteiger charge is 2.30. The Bertz CT molecular complexity index is 841. The minimum atomic E-state index is 0.348. The molecule has 0 fully saturated rings. The van der Waals surface area contributed by atoms with E-state index in [1.165, 1.54) is 22.4 Å². The van der Waals surface area contributed by atoms with E-state index in [2.05, 4.69) is 53.5 Å². The lowest BCUT2D eigenvalue weighted by Crippen LogP contribution is -2.15. The van der Waals surface area contributed by atoms with Crippen molar-refractivity contribution in [2.75, 3.05) is 0 Å². The first-order chi connectivity index (χ1) is 11.2. The summed E-state index contributed by atoms with van der Waals surface area (Å²) in [5, 5.41) is 10.8. The van der Waals surface area contributed by atoms with Crippen LogP contribution in [0.5, 0.6) is 5.75 Å². The zero-order chi connectivity index (χ0) is 17.9. The molecule has 1 heterocycles. The maximum Gasteiger partial charge on any atom is 0.142 e. The Balaban J connectivity index is 2.28. The fraction of sp³-hybridized carbons (Fsp3) is 0.476. The van der Waals surface area contributed by atoms with Gasteiger partial charge in [0.05, 0.1) is 11.3 Å². The molecule has 0 saturated carbocycles. The van der Waals surface area contributed by atoms with Gasteiger partial charge in [0.1, 0.15) is 11.6 Å². The predicted molar refractivity (Wildman–Crippen MR) is 100 cm³/mol. The first kappa shape index (κ1) is 16.8. The van der Waals surface area contributed by atoms with Crippen molar-refractivity contribution >= 4 is 5.57 Å². The first-order valence-corrected chi connectivity index (χ1v) is 8.74. The molecule has 0 amide bonds. The SMILES string of the molecule is CC1=C(C)C(C)C(C)c2[nH]c(-c3c(C)c(C)c(C)c(C)c3O)nc21. The van der Waals surface area contributed by atoms with Gasteiger partial charge in [0, 0.05) is 11.6 Å². The van der Waals surface area contributed by atoms with Crippen LogP contribution >= 0.6 is 0 Å². The fourth-order valence-electron chi connectivity index (χ4n) is 3.86. The zero-order valence-corrected chi connectivity index (χ0v) is 16.0. The maximum atomic E-state index is 10.8. The number of aromatic amines is 1. The molecular formula is C21H28N2O. The summed E-state index contributed by atoms with van der Waals surface area (Å²) in [4.78, 5) is 8.43. The minimum Gasteiger partial charge on any atom is -0.507 e. The van der Waals surface area contributed by atoms with Crippen LogP contribution in [0.2, 0.25) is 0 Å². The molecule has 2 aromatic rings. The van der Waals surface area contributed by atoms with Gasteiger partial charge in [0.25, 0.3) is 0 Å². The van der Waals surface area contributed by atoms with E-state index in [0.717, 1.165) is 33.8 Å². The number of phenols is 1. The van der Waals surface area contributed by atoms with Crippen LogP contribution in [0.4, 0.5) is 0 Å². The molecule has 0 radical (unpaired) electrons. The molecule has 3 nitrogen and oxygen atoms in total. The lowest BCUT2D eigenvalue weighted by atomic mass is 9.78. The second-order valence-electron chi connectivity index (χ2n) is 7.46. The summed E-state index contributed by atoms with van der Waals surface area (Å²) in [5.41, 5.74) is 10.2. The smallest absolute Gasteiger partial charge is 0.142 e. The van der Waals surface area contributed by atoms with E-state index < -0.39 is 0 Å². The molecule has 2 unspecified atom stereocenters. The lowest BCUT2D eigenvalue weighted by Gasteiger charge is -2.27. The van der Waals surface area contributed by atoms with Gasteiger partial charge < -0.3 is 10.1 Å². The van der Waals surface area contributed by atoms with Crippen LogP contribution in [0.15, 0.2) is 5.57 Å². The number of H-pyrrole nitrogens is 1. The van der Waals surface area contributed by atoms with Gasteiger partial charge >= 0.3 is 0 Å². The van der Waals surface area contributed by atoms with Gasteiger partial charge in [0.15, 0.2) is 0 Å². The number of aromatic nitrogens is 2. The summed E-state index contributed by atoms with van der Waals surface area (Å²) in [5.74, 6) is 2.04. The van der Waals surface area contributed by atoms with Crippen LogP contribution in [0.3, 0.4) is 0 Å². The van der Waals surface area contributed by atoms with Gasteiger partial charge in [-0.3, -0.25) is 0 Å². The van der Waals surface area contributed by atoms with Crippen molar-refractivity contribution in [3.05, 3.63) is 39.2 Å². The average molecular weight is 324 g/mol. The maximum absolute atomic E-state index is 10.8. The number of nitrogens with zero attached hydrogens (tertiary/aromatic N) is 1. The van der Waals surface area contributed by atoms with Crippen LogP contribution in [-0.2, 0) is 0 Å². The Kier molecular flexibility index (Phi) is 3.86. The van der Waals surface area contributed by atoms with Crippen molar-refractivity contribution < 1.29 is 5.11 Å². The summed E-state index contributed by atoms with van der Waals surface area (Å²) in [6.45, 7) is 17.1. The normalized spacial score (nSPS) is 20.5. The summed E-state index contributed by atoms with van der Waals surface area (Å²) in [6, 6.07) is 0. The molecular weight excluding hydrogens is 296 g/mol. The third-order valence-electron chi connectivity index (χ3n) is 6.46. The largest absolute Gasteiger partial charge is 0.507 e. The topological polar surface area (TPSA) is 48.9 Å². The van der Waals surface area contributed by atoms with Gasteiger partial charge in [-0.05, 0) is 75.3 Å². The molecule has 0 spiro atoms. The van der Waals surface area contributed by atoms with Gasteiger partial charge in [0.2, 0.25) is 0 Å². The quantitative estimate of drug-likeness (QED) is 0.721. The van der Waals surface area contributed by atoms with E-state index in [1.54, 1.807) is 0 Å². The number of fused-ring (bicyclic) bond motifs is 1. The summed E-state index contributed by atoms with van der Waals surface area (Å²) in [7, 11) is 0. The van der Waals surface area contributed by atoms with Gasteiger partial charge in [-0.2, -0.15) is 0 Å². The van der Waals surface area contributed by atoms with E-state index in [0.29, 0.717) is 17.6 Å². The molecule has 2 N–H and O–H groups in total. The second kappa shape index (κ2) is 5.51. The Hall–Kier alpha value is -2.03. The van der Waals surface area contributed by atoms with E-state index in [1.807, 2.05) is 6.92 Å². The number of hydrogen-bond acceptors (Lipinski definition) is 2. The fourth-order valence-corrected chi connectivity index (χ4v) is 3.86. The van der Waals surface area contributed by atoms with Gasteiger partial charge in [-0.1, -0.05) is 19.4 Å². The van der Waals surface area contributed by atoms with E-state index >= 15 is 0 Å². The number of rotatable bonds is 1. The Morgan fingerprint density at radius 1 is 0.833 bits per heavy atom. The number of nitrogens with one attached hydrogen (secondary N) is 1. The number of benzene rings is 1. The molecule has 0 bridgehead atoms.